The van der Waals surface area contributed by atoms with Crippen LogP contribution in [0.3, 0.4) is 0 Å². The van der Waals surface area contributed by atoms with E-state index in [-0.39, 0.29) is 6.10 Å². The van der Waals surface area contributed by atoms with Crippen molar-refractivity contribution in [2.75, 3.05) is 26.3 Å². The lowest BCUT2D eigenvalue weighted by molar-refractivity contribution is -0.0925. The molecular formula is C14H26N2O4. The zero-order valence-electron chi connectivity index (χ0n) is 12.0. The van der Waals surface area contributed by atoms with Crippen LogP contribution in [0.25, 0.3) is 0 Å². The topological polar surface area (TPSA) is 93.8 Å². The second kappa shape index (κ2) is 7.24. The van der Waals surface area contributed by atoms with Gasteiger partial charge in [0.05, 0.1) is 12.2 Å². The van der Waals surface area contributed by atoms with Crippen LogP contribution in [-0.2, 0) is 9.47 Å². The van der Waals surface area contributed by atoms with Crippen molar-refractivity contribution in [1.29, 1.82) is 0 Å². The average molecular weight is 286 g/mol. The van der Waals surface area contributed by atoms with Crippen LogP contribution in [0, 0.1) is 5.92 Å². The van der Waals surface area contributed by atoms with Crippen molar-refractivity contribution in [3.05, 3.63) is 0 Å². The Kier molecular flexibility index (Phi) is 5.63. The van der Waals surface area contributed by atoms with Crippen molar-refractivity contribution in [2.45, 2.75) is 50.2 Å². The standard InChI is InChI=1S/C14H26N2O4/c15-13(17)20-12-1-5-14(18,6-2-12)10-19-9-11-3-7-16-8-4-11/h11-12,16,18H,1-10H2,(H2,15,17). The molecule has 1 saturated carbocycles. The molecule has 1 saturated heterocycles. The number of hydrogen-bond donors (Lipinski definition) is 3. The molecule has 0 bridgehead atoms. The molecule has 1 heterocycles. The van der Waals surface area contributed by atoms with E-state index in [9.17, 15) is 9.90 Å². The lowest BCUT2D eigenvalue weighted by Gasteiger charge is -2.35. The number of carbonyl (C=O) groups is 1. The Morgan fingerprint density at radius 2 is 1.90 bits per heavy atom. The van der Waals surface area contributed by atoms with E-state index in [0.29, 0.717) is 38.2 Å². The minimum atomic E-state index is -0.773. The Morgan fingerprint density at radius 3 is 2.50 bits per heavy atom. The lowest BCUT2D eigenvalue weighted by atomic mass is 9.84. The normalized spacial score (nSPS) is 31.9. The first-order valence-corrected chi connectivity index (χ1v) is 7.54. The molecule has 1 aliphatic heterocycles. The lowest BCUT2D eigenvalue weighted by Crippen LogP contribution is -2.42. The molecule has 0 spiro atoms. The summed E-state index contributed by atoms with van der Waals surface area (Å²) < 4.78 is 10.7. The quantitative estimate of drug-likeness (QED) is 0.694. The predicted octanol–water partition coefficient (Wildman–Crippen LogP) is 0.772. The number of primary amides is 1. The monoisotopic (exact) mass is 286 g/mol. The van der Waals surface area contributed by atoms with Gasteiger partial charge in [0, 0.05) is 6.61 Å². The van der Waals surface area contributed by atoms with Gasteiger partial charge in [0.2, 0.25) is 0 Å². The molecule has 20 heavy (non-hydrogen) atoms. The van der Waals surface area contributed by atoms with Crippen molar-refractivity contribution >= 4 is 6.09 Å². The third-order valence-corrected chi connectivity index (χ3v) is 4.33. The summed E-state index contributed by atoms with van der Waals surface area (Å²) in [5.74, 6) is 0.606. The van der Waals surface area contributed by atoms with E-state index in [4.69, 9.17) is 15.2 Å². The summed E-state index contributed by atoms with van der Waals surface area (Å²) in [6.45, 7) is 3.22. The van der Waals surface area contributed by atoms with E-state index < -0.39 is 11.7 Å². The summed E-state index contributed by atoms with van der Waals surface area (Å²) in [7, 11) is 0. The number of aliphatic hydroxyl groups is 1. The molecule has 1 amide bonds. The minimum Gasteiger partial charge on any atom is -0.446 e. The number of nitrogens with one attached hydrogen (secondary N) is 1. The summed E-state index contributed by atoms with van der Waals surface area (Å²) in [5, 5.41) is 13.8. The van der Waals surface area contributed by atoms with E-state index in [1.807, 2.05) is 0 Å². The zero-order chi connectivity index (χ0) is 14.4. The van der Waals surface area contributed by atoms with Crippen LogP contribution < -0.4 is 11.1 Å². The number of rotatable bonds is 5. The first-order valence-electron chi connectivity index (χ1n) is 7.54. The Morgan fingerprint density at radius 1 is 1.25 bits per heavy atom. The van der Waals surface area contributed by atoms with Gasteiger partial charge in [-0.25, -0.2) is 4.79 Å². The maximum atomic E-state index is 10.7. The largest absolute Gasteiger partial charge is 0.446 e. The first kappa shape index (κ1) is 15.5. The Bertz CT molecular complexity index is 310. The smallest absolute Gasteiger partial charge is 0.404 e. The summed E-state index contributed by atoms with van der Waals surface area (Å²) in [6, 6.07) is 0. The van der Waals surface area contributed by atoms with Gasteiger partial charge in [-0.3, -0.25) is 0 Å². The van der Waals surface area contributed by atoms with Gasteiger partial charge < -0.3 is 25.6 Å². The molecule has 0 radical (unpaired) electrons. The number of piperidine rings is 1. The number of hydrogen-bond acceptors (Lipinski definition) is 5. The third kappa shape index (κ3) is 4.92. The third-order valence-electron chi connectivity index (χ3n) is 4.33. The van der Waals surface area contributed by atoms with Crippen LogP contribution >= 0.6 is 0 Å². The van der Waals surface area contributed by atoms with E-state index in [2.05, 4.69) is 5.32 Å². The molecule has 0 aromatic carbocycles. The molecule has 0 aromatic heterocycles. The molecule has 1 aliphatic carbocycles. The van der Waals surface area contributed by atoms with Crippen LogP contribution in [0.4, 0.5) is 4.79 Å². The summed E-state index contributed by atoms with van der Waals surface area (Å²) in [4.78, 5) is 10.7. The predicted molar refractivity (Wildman–Crippen MR) is 74.3 cm³/mol. The highest BCUT2D eigenvalue weighted by Gasteiger charge is 2.34. The maximum absolute atomic E-state index is 10.7. The fraction of sp³-hybridized carbons (Fsp3) is 0.929. The molecule has 0 aromatic rings. The van der Waals surface area contributed by atoms with E-state index in [1.54, 1.807) is 0 Å². The van der Waals surface area contributed by atoms with Crippen molar-refractivity contribution in [1.82, 2.24) is 5.32 Å². The van der Waals surface area contributed by atoms with Gasteiger partial charge in [-0.2, -0.15) is 0 Å². The summed E-state index contributed by atoms with van der Waals surface area (Å²) in [5.41, 5.74) is 4.23. The SMILES string of the molecule is NC(=O)OC1CCC(O)(COCC2CCNCC2)CC1. The van der Waals surface area contributed by atoms with Crippen LogP contribution in [0.15, 0.2) is 0 Å². The molecule has 6 heteroatoms. The maximum Gasteiger partial charge on any atom is 0.404 e. The number of carbonyl (C=O) groups excluding carboxylic acids is 1. The van der Waals surface area contributed by atoms with Crippen molar-refractivity contribution in [3.8, 4) is 0 Å². The van der Waals surface area contributed by atoms with Crippen LogP contribution in [-0.4, -0.2) is 49.2 Å². The summed E-state index contributed by atoms with van der Waals surface area (Å²) >= 11 is 0. The van der Waals surface area contributed by atoms with Crippen LogP contribution in [0.5, 0.6) is 0 Å². The highest BCUT2D eigenvalue weighted by molar-refractivity contribution is 5.64. The average Bonchev–Trinajstić information content (AvgIpc) is 2.42. The van der Waals surface area contributed by atoms with Gasteiger partial charge in [0.25, 0.3) is 0 Å². The second-order valence-electron chi connectivity index (χ2n) is 6.07. The van der Waals surface area contributed by atoms with Gasteiger partial charge in [-0.05, 0) is 57.5 Å². The van der Waals surface area contributed by atoms with Gasteiger partial charge in [-0.15, -0.1) is 0 Å². The molecule has 4 N–H and O–H groups in total. The fourth-order valence-corrected chi connectivity index (χ4v) is 3.02. The van der Waals surface area contributed by atoms with Crippen molar-refractivity contribution < 1.29 is 19.4 Å². The van der Waals surface area contributed by atoms with E-state index in [1.165, 1.54) is 0 Å². The highest BCUT2D eigenvalue weighted by atomic mass is 16.6. The van der Waals surface area contributed by atoms with Crippen LogP contribution in [0.2, 0.25) is 0 Å². The van der Waals surface area contributed by atoms with E-state index in [0.717, 1.165) is 32.5 Å². The molecule has 0 unspecified atom stereocenters. The molecule has 2 rings (SSSR count). The molecule has 6 nitrogen and oxygen atoms in total. The molecular weight excluding hydrogens is 260 g/mol. The van der Waals surface area contributed by atoms with Gasteiger partial charge in [-0.1, -0.05) is 0 Å². The number of ether oxygens (including phenoxy) is 2. The molecule has 2 fully saturated rings. The van der Waals surface area contributed by atoms with Gasteiger partial charge in [0.15, 0.2) is 0 Å². The second-order valence-corrected chi connectivity index (χ2v) is 6.07. The van der Waals surface area contributed by atoms with Crippen molar-refractivity contribution in [3.63, 3.8) is 0 Å². The number of nitrogens with two attached hydrogens (primary N) is 1. The van der Waals surface area contributed by atoms with Crippen LogP contribution in [0.1, 0.15) is 38.5 Å². The molecule has 2 aliphatic rings. The minimum absolute atomic E-state index is 0.155. The molecule has 0 atom stereocenters. The highest BCUT2D eigenvalue weighted by Crippen LogP contribution is 2.30. The first-order chi connectivity index (χ1) is 9.57. The van der Waals surface area contributed by atoms with Gasteiger partial charge in [0.1, 0.15) is 6.10 Å². The summed E-state index contributed by atoms with van der Waals surface area (Å²) in [6.07, 6.45) is 3.89. The van der Waals surface area contributed by atoms with Crippen molar-refractivity contribution in [2.24, 2.45) is 11.7 Å². The number of amides is 1. The molecule has 116 valence electrons. The van der Waals surface area contributed by atoms with Gasteiger partial charge >= 0.3 is 6.09 Å². The Labute approximate surface area is 120 Å². The Balaban J connectivity index is 1.64. The zero-order valence-corrected chi connectivity index (χ0v) is 12.0. The van der Waals surface area contributed by atoms with E-state index >= 15 is 0 Å². The fourth-order valence-electron chi connectivity index (χ4n) is 3.02. The Hall–Kier alpha value is -0.850.